The smallest absolute Gasteiger partial charge is 0.323 e. The number of carboxylic acids is 1. The van der Waals surface area contributed by atoms with E-state index in [-0.39, 0.29) is 18.9 Å². The summed E-state index contributed by atoms with van der Waals surface area (Å²) in [5, 5.41) is 11.4. The van der Waals surface area contributed by atoms with Crippen LogP contribution in [-0.2, 0) is 14.3 Å². The maximum absolute atomic E-state index is 10.6. The molecule has 1 atom stereocenters. The van der Waals surface area contributed by atoms with Crippen LogP contribution in [0, 0.1) is 0 Å². The van der Waals surface area contributed by atoms with Gasteiger partial charge in [0.15, 0.2) is 0 Å². The van der Waals surface area contributed by atoms with Crippen LogP contribution in [0.1, 0.15) is 12.8 Å². The van der Waals surface area contributed by atoms with E-state index in [1.165, 1.54) is 7.11 Å². The third kappa shape index (κ3) is 6.38. The molecule has 1 amide bonds. The van der Waals surface area contributed by atoms with Crippen LogP contribution in [0.15, 0.2) is 0 Å². The Morgan fingerprint density at radius 1 is 1.57 bits per heavy atom. The van der Waals surface area contributed by atoms with Crippen LogP contribution in [0.5, 0.6) is 0 Å². The Labute approximate surface area is 82.4 Å². The molecule has 4 N–H and O–H groups in total. The van der Waals surface area contributed by atoms with Crippen molar-refractivity contribution >= 4 is 11.9 Å². The fourth-order valence-electron chi connectivity index (χ4n) is 0.923. The highest BCUT2D eigenvalue weighted by molar-refractivity contribution is 5.74. The van der Waals surface area contributed by atoms with Gasteiger partial charge in [0.1, 0.15) is 6.04 Å². The first-order valence-electron chi connectivity index (χ1n) is 4.31. The summed E-state index contributed by atoms with van der Waals surface area (Å²) in [6, 6.07) is -0.729. The van der Waals surface area contributed by atoms with Crippen LogP contribution < -0.4 is 11.1 Å². The SMILES string of the molecule is COCC(NCCCC(N)=O)C(=O)O. The largest absolute Gasteiger partial charge is 0.480 e. The standard InChI is InChI=1S/C8H16N2O4/c1-14-5-6(8(12)13)10-4-2-3-7(9)11/h6,10H,2-5H2,1H3,(H2,9,11)(H,12,13). The van der Waals surface area contributed by atoms with Gasteiger partial charge in [-0.3, -0.25) is 9.59 Å². The van der Waals surface area contributed by atoms with Crippen LogP contribution in [-0.4, -0.2) is 43.3 Å². The molecule has 82 valence electrons. The maximum atomic E-state index is 10.6. The summed E-state index contributed by atoms with van der Waals surface area (Å²) in [5.74, 6) is -1.35. The Bertz CT molecular complexity index is 196. The highest BCUT2D eigenvalue weighted by Crippen LogP contribution is 1.89. The lowest BCUT2D eigenvalue weighted by Crippen LogP contribution is -2.40. The van der Waals surface area contributed by atoms with Crippen molar-refractivity contribution in [1.29, 1.82) is 0 Å². The summed E-state index contributed by atoms with van der Waals surface area (Å²) < 4.78 is 4.71. The molecule has 0 aromatic carbocycles. The fraction of sp³-hybridized carbons (Fsp3) is 0.750. The molecule has 0 aromatic heterocycles. The Morgan fingerprint density at radius 3 is 2.64 bits per heavy atom. The predicted octanol–water partition coefficient (Wildman–Crippen LogP) is -1.06. The summed E-state index contributed by atoms with van der Waals surface area (Å²) in [4.78, 5) is 20.9. The van der Waals surface area contributed by atoms with Crippen molar-refractivity contribution < 1.29 is 19.4 Å². The van der Waals surface area contributed by atoms with E-state index in [4.69, 9.17) is 15.6 Å². The van der Waals surface area contributed by atoms with Gasteiger partial charge in [-0.25, -0.2) is 0 Å². The number of rotatable bonds is 8. The van der Waals surface area contributed by atoms with Gasteiger partial charge in [0.25, 0.3) is 0 Å². The number of primary amides is 1. The first-order valence-corrected chi connectivity index (χ1v) is 4.31. The Balaban J connectivity index is 3.61. The van der Waals surface area contributed by atoms with E-state index in [1.807, 2.05) is 0 Å². The van der Waals surface area contributed by atoms with Gasteiger partial charge in [-0.15, -0.1) is 0 Å². The molecule has 14 heavy (non-hydrogen) atoms. The van der Waals surface area contributed by atoms with Crippen molar-refractivity contribution in [3.8, 4) is 0 Å². The minimum Gasteiger partial charge on any atom is -0.480 e. The van der Waals surface area contributed by atoms with Gasteiger partial charge in [-0.05, 0) is 13.0 Å². The molecule has 6 nitrogen and oxygen atoms in total. The predicted molar refractivity (Wildman–Crippen MR) is 49.7 cm³/mol. The number of nitrogens with two attached hydrogens (primary N) is 1. The zero-order chi connectivity index (χ0) is 11.0. The quantitative estimate of drug-likeness (QED) is 0.437. The fourth-order valence-corrected chi connectivity index (χ4v) is 0.923. The number of hydrogen-bond donors (Lipinski definition) is 3. The monoisotopic (exact) mass is 204 g/mol. The molecule has 0 aliphatic rings. The summed E-state index contributed by atoms with van der Waals surface area (Å²) in [6.45, 7) is 0.537. The van der Waals surface area contributed by atoms with Crippen LogP contribution in [0.25, 0.3) is 0 Å². The van der Waals surface area contributed by atoms with Crippen molar-refractivity contribution in [3.05, 3.63) is 0 Å². The van der Waals surface area contributed by atoms with Crippen molar-refractivity contribution in [2.24, 2.45) is 5.73 Å². The zero-order valence-electron chi connectivity index (χ0n) is 8.16. The molecular weight excluding hydrogens is 188 g/mol. The first-order chi connectivity index (χ1) is 6.57. The molecule has 0 aliphatic heterocycles. The third-order valence-electron chi connectivity index (χ3n) is 1.62. The molecule has 0 aliphatic carbocycles. The molecule has 0 saturated heterocycles. The van der Waals surface area contributed by atoms with E-state index in [0.29, 0.717) is 13.0 Å². The zero-order valence-corrected chi connectivity index (χ0v) is 8.16. The summed E-state index contributed by atoms with van der Waals surface area (Å²) >= 11 is 0. The Morgan fingerprint density at radius 2 is 2.21 bits per heavy atom. The molecule has 0 rings (SSSR count). The number of ether oxygens (including phenoxy) is 1. The molecule has 0 fully saturated rings. The third-order valence-corrected chi connectivity index (χ3v) is 1.62. The van der Waals surface area contributed by atoms with Crippen molar-refractivity contribution in [2.45, 2.75) is 18.9 Å². The Kier molecular flexibility index (Phi) is 6.69. The van der Waals surface area contributed by atoms with E-state index in [1.54, 1.807) is 0 Å². The van der Waals surface area contributed by atoms with Gasteiger partial charge in [-0.2, -0.15) is 0 Å². The normalized spacial score (nSPS) is 12.4. The topological polar surface area (TPSA) is 102 Å². The van der Waals surface area contributed by atoms with Gasteiger partial charge >= 0.3 is 5.97 Å². The van der Waals surface area contributed by atoms with Gasteiger partial charge in [0.2, 0.25) is 5.91 Å². The summed E-state index contributed by atoms with van der Waals surface area (Å²) in [6.07, 6.45) is 0.787. The molecule has 0 spiro atoms. The van der Waals surface area contributed by atoms with Crippen LogP contribution in [0.3, 0.4) is 0 Å². The second-order valence-corrected chi connectivity index (χ2v) is 2.87. The van der Waals surface area contributed by atoms with Crippen molar-refractivity contribution in [3.63, 3.8) is 0 Å². The molecule has 0 radical (unpaired) electrons. The molecule has 6 heteroatoms. The van der Waals surface area contributed by atoms with Gasteiger partial charge in [-0.1, -0.05) is 0 Å². The average molecular weight is 204 g/mol. The molecule has 0 saturated carbocycles. The number of carbonyl (C=O) groups is 2. The van der Waals surface area contributed by atoms with E-state index in [2.05, 4.69) is 5.32 Å². The number of methoxy groups -OCH3 is 1. The number of amides is 1. The second kappa shape index (κ2) is 7.28. The number of carboxylic acid groups (broad SMARTS) is 1. The number of hydrogen-bond acceptors (Lipinski definition) is 4. The Hall–Kier alpha value is -1.14. The molecule has 0 aromatic rings. The summed E-state index contributed by atoms with van der Waals surface area (Å²) in [7, 11) is 1.43. The second-order valence-electron chi connectivity index (χ2n) is 2.87. The van der Waals surface area contributed by atoms with E-state index in [9.17, 15) is 9.59 Å². The number of carbonyl (C=O) groups excluding carboxylic acids is 1. The minimum atomic E-state index is -0.967. The lowest BCUT2D eigenvalue weighted by atomic mass is 10.2. The van der Waals surface area contributed by atoms with Crippen LogP contribution in [0.4, 0.5) is 0 Å². The van der Waals surface area contributed by atoms with E-state index < -0.39 is 12.0 Å². The van der Waals surface area contributed by atoms with Crippen LogP contribution >= 0.6 is 0 Å². The van der Waals surface area contributed by atoms with E-state index >= 15 is 0 Å². The summed E-state index contributed by atoms with van der Waals surface area (Å²) in [5.41, 5.74) is 4.92. The highest BCUT2D eigenvalue weighted by atomic mass is 16.5. The van der Waals surface area contributed by atoms with Crippen molar-refractivity contribution in [2.75, 3.05) is 20.3 Å². The number of aliphatic carboxylic acids is 1. The van der Waals surface area contributed by atoms with E-state index in [0.717, 1.165) is 0 Å². The van der Waals surface area contributed by atoms with Gasteiger partial charge in [0.05, 0.1) is 6.61 Å². The minimum absolute atomic E-state index is 0.103. The average Bonchev–Trinajstić information content (AvgIpc) is 2.09. The molecule has 0 bridgehead atoms. The maximum Gasteiger partial charge on any atom is 0.323 e. The molecular formula is C8H16N2O4. The molecule has 1 unspecified atom stereocenters. The number of nitrogens with one attached hydrogen (secondary N) is 1. The van der Waals surface area contributed by atoms with Gasteiger partial charge < -0.3 is 20.9 Å². The first kappa shape index (κ1) is 12.9. The van der Waals surface area contributed by atoms with Crippen LogP contribution in [0.2, 0.25) is 0 Å². The lowest BCUT2D eigenvalue weighted by molar-refractivity contribution is -0.140. The lowest BCUT2D eigenvalue weighted by Gasteiger charge is -2.12. The van der Waals surface area contributed by atoms with Gasteiger partial charge in [0, 0.05) is 13.5 Å². The van der Waals surface area contributed by atoms with Crippen molar-refractivity contribution in [1.82, 2.24) is 5.32 Å². The highest BCUT2D eigenvalue weighted by Gasteiger charge is 2.15. The molecule has 0 heterocycles.